The van der Waals surface area contributed by atoms with Crippen molar-refractivity contribution in [3.05, 3.63) is 60.8 Å². The molecule has 0 atom stereocenters. The summed E-state index contributed by atoms with van der Waals surface area (Å²) in [4.78, 5) is 21.2. The molecule has 0 aliphatic heterocycles. The molecule has 0 amide bonds. The van der Waals surface area contributed by atoms with Gasteiger partial charge in [-0.05, 0) is 32.0 Å². The molecule has 6 aromatic heterocycles. The van der Waals surface area contributed by atoms with Gasteiger partial charge >= 0.3 is 0 Å². The van der Waals surface area contributed by atoms with Crippen LogP contribution in [0.1, 0.15) is 11.5 Å². The zero-order valence-electron chi connectivity index (χ0n) is 17.2. The fraction of sp³-hybridized carbons (Fsp3) is 0.136. The number of hydrogen-bond donors (Lipinski definition) is 2. The molecular formula is C22H19N9. The molecule has 0 fully saturated rings. The minimum absolute atomic E-state index is 0.731. The zero-order chi connectivity index (χ0) is 21.1. The number of nitrogens with one attached hydrogen (secondary N) is 2. The molecule has 0 bridgehead atoms. The predicted octanol–water partition coefficient (Wildman–Crippen LogP) is 3.70. The first kappa shape index (κ1) is 17.6. The Labute approximate surface area is 176 Å². The highest BCUT2D eigenvalue weighted by Crippen LogP contribution is 2.32. The number of H-pyrrole nitrogens is 2. The van der Waals surface area contributed by atoms with Crippen LogP contribution in [0, 0.1) is 13.8 Å². The minimum atomic E-state index is 0.731. The van der Waals surface area contributed by atoms with Gasteiger partial charge in [-0.3, -0.25) is 5.10 Å². The highest BCUT2D eigenvalue weighted by Gasteiger charge is 2.16. The molecule has 0 radical (unpaired) electrons. The van der Waals surface area contributed by atoms with Crippen molar-refractivity contribution in [2.24, 2.45) is 7.05 Å². The molecule has 6 heterocycles. The van der Waals surface area contributed by atoms with Crippen LogP contribution in [0.5, 0.6) is 0 Å². The third-order valence-corrected chi connectivity index (χ3v) is 5.69. The van der Waals surface area contributed by atoms with E-state index >= 15 is 0 Å². The maximum atomic E-state index is 4.57. The number of rotatable bonds is 3. The van der Waals surface area contributed by atoms with Crippen LogP contribution in [-0.2, 0) is 7.05 Å². The molecule has 0 spiro atoms. The van der Waals surface area contributed by atoms with E-state index in [0.29, 0.717) is 0 Å². The van der Waals surface area contributed by atoms with Crippen LogP contribution in [0.2, 0.25) is 0 Å². The Morgan fingerprint density at radius 2 is 1.84 bits per heavy atom. The van der Waals surface area contributed by atoms with Gasteiger partial charge < -0.3 is 14.1 Å². The molecule has 0 saturated carbocycles. The van der Waals surface area contributed by atoms with Gasteiger partial charge in [-0.1, -0.05) is 0 Å². The van der Waals surface area contributed by atoms with E-state index in [9.17, 15) is 0 Å². The van der Waals surface area contributed by atoms with Gasteiger partial charge in [0.25, 0.3) is 0 Å². The van der Waals surface area contributed by atoms with Gasteiger partial charge in [0, 0.05) is 42.0 Å². The normalized spacial score (nSPS) is 11.7. The van der Waals surface area contributed by atoms with E-state index in [1.807, 2.05) is 56.4 Å². The van der Waals surface area contributed by atoms with Gasteiger partial charge in [-0.2, -0.15) is 5.10 Å². The summed E-state index contributed by atoms with van der Waals surface area (Å²) in [5, 5.41) is 9.51. The van der Waals surface area contributed by atoms with Gasteiger partial charge in [-0.15, -0.1) is 0 Å². The SMILES string of the molecule is Cc1cn(-c2ccnc3[nH]c(-c4n[nH]c5ncc(-c6cnc(C)n6C)cc45)cc23)cn1. The summed E-state index contributed by atoms with van der Waals surface area (Å²) in [5.41, 5.74) is 7.17. The van der Waals surface area contributed by atoms with E-state index in [1.165, 1.54) is 0 Å². The highest BCUT2D eigenvalue weighted by atomic mass is 15.2. The Balaban J connectivity index is 1.52. The van der Waals surface area contributed by atoms with Crippen molar-refractivity contribution >= 4 is 22.1 Å². The van der Waals surface area contributed by atoms with Crippen LogP contribution in [0.25, 0.3) is 50.4 Å². The Morgan fingerprint density at radius 3 is 2.61 bits per heavy atom. The Bertz CT molecular complexity index is 1580. The Morgan fingerprint density at radius 1 is 0.935 bits per heavy atom. The highest BCUT2D eigenvalue weighted by molar-refractivity contribution is 5.97. The molecule has 152 valence electrons. The van der Waals surface area contributed by atoms with Crippen molar-refractivity contribution in [1.29, 1.82) is 0 Å². The van der Waals surface area contributed by atoms with Crippen molar-refractivity contribution in [1.82, 2.24) is 44.3 Å². The fourth-order valence-electron chi connectivity index (χ4n) is 3.94. The lowest BCUT2D eigenvalue weighted by Gasteiger charge is -2.04. The number of aromatic amines is 2. The fourth-order valence-corrected chi connectivity index (χ4v) is 3.94. The molecular weight excluding hydrogens is 390 g/mol. The first-order valence-corrected chi connectivity index (χ1v) is 9.90. The number of imidazole rings is 2. The number of aryl methyl sites for hydroxylation is 2. The lowest BCUT2D eigenvalue weighted by molar-refractivity contribution is 0.865. The topological polar surface area (TPSA) is 106 Å². The smallest absolute Gasteiger partial charge is 0.155 e. The van der Waals surface area contributed by atoms with E-state index in [-0.39, 0.29) is 0 Å². The lowest BCUT2D eigenvalue weighted by atomic mass is 10.1. The zero-order valence-corrected chi connectivity index (χ0v) is 17.2. The lowest BCUT2D eigenvalue weighted by Crippen LogP contribution is -1.94. The van der Waals surface area contributed by atoms with Crippen molar-refractivity contribution in [2.75, 3.05) is 0 Å². The van der Waals surface area contributed by atoms with Crippen molar-refractivity contribution < 1.29 is 0 Å². The van der Waals surface area contributed by atoms with Gasteiger partial charge in [0.05, 0.1) is 35.3 Å². The Hall–Kier alpha value is -4.27. The number of hydrogen-bond acceptors (Lipinski definition) is 5. The first-order chi connectivity index (χ1) is 15.1. The van der Waals surface area contributed by atoms with Crippen molar-refractivity contribution in [2.45, 2.75) is 13.8 Å². The second-order valence-corrected chi connectivity index (χ2v) is 7.64. The van der Waals surface area contributed by atoms with E-state index in [1.54, 1.807) is 6.20 Å². The largest absolute Gasteiger partial charge is 0.338 e. The number of pyridine rings is 2. The summed E-state index contributed by atoms with van der Waals surface area (Å²) in [6.07, 6.45) is 9.31. The van der Waals surface area contributed by atoms with Crippen LogP contribution in [0.4, 0.5) is 0 Å². The monoisotopic (exact) mass is 409 g/mol. The van der Waals surface area contributed by atoms with Gasteiger partial charge in [0.15, 0.2) is 5.65 Å². The van der Waals surface area contributed by atoms with Crippen LogP contribution in [0.15, 0.2) is 49.3 Å². The van der Waals surface area contributed by atoms with E-state index in [0.717, 1.165) is 61.9 Å². The molecule has 0 saturated heterocycles. The molecule has 6 rings (SSSR count). The summed E-state index contributed by atoms with van der Waals surface area (Å²) >= 11 is 0. The molecule has 9 heteroatoms. The molecule has 0 aliphatic carbocycles. The average Bonchev–Trinajstić information content (AvgIpc) is 3.54. The molecule has 31 heavy (non-hydrogen) atoms. The molecule has 6 aromatic rings. The molecule has 0 aromatic carbocycles. The second-order valence-electron chi connectivity index (χ2n) is 7.64. The molecule has 0 unspecified atom stereocenters. The third-order valence-electron chi connectivity index (χ3n) is 5.69. The van der Waals surface area contributed by atoms with Crippen molar-refractivity contribution in [3.8, 4) is 28.3 Å². The second kappa shape index (κ2) is 6.36. The summed E-state index contributed by atoms with van der Waals surface area (Å²) in [7, 11) is 2.00. The maximum Gasteiger partial charge on any atom is 0.155 e. The summed E-state index contributed by atoms with van der Waals surface area (Å²) < 4.78 is 4.05. The van der Waals surface area contributed by atoms with Crippen LogP contribution >= 0.6 is 0 Å². The summed E-state index contributed by atoms with van der Waals surface area (Å²) in [6, 6.07) is 6.15. The quantitative estimate of drug-likeness (QED) is 0.464. The van der Waals surface area contributed by atoms with Crippen LogP contribution in [-0.4, -0.2) is 44.3 Å². The van der Waals surface area contributed by atoms with Crippen molar-refractivity contribution in [3.63, 3.8) is 0 Å². The van der Waals surface area contributed by atoms with Gasteiger partial charge in [-0.25, -0.2) is 19.9 Å². The van der Waals surface area contributed by atoms with E-state index < -0.39 is 0 Å². The molecule has 0 aliphatic rings. The molecule has 9 nitrogen and oxygen atoms in total. The van der Waals surface area contributed by atoms with Gasteiger partial charge in [0.1, 0.15) is 17.2 Å². The summed E-state index contributed by atoms with van der Waals surface area (Å²) in [5.74, 6) is 0.950. The minimum Gasteiger partial charge on any atom is -0.338 e. The van der Waals surface area contributed by atoms with Crippen LogP contribution in [0.3, 0.4) is 0 Å². The number of fused-ring (bicyclic) bond motifs is 2. The summed E-state index contributed by atoms with van der Waals surface area (Å²) in [6.45, 7) is 3.96. The standard InChI is InChI=1S/C22H19N9/c1-12-10-31(11-26-12)18-4-5-23-21-15(18)7-17(27-21)20-16-6-14(8-25-22(16)29-28-20)19-9-24-13(2)30(19)3/h4-11H,1-3H3,(H,23,27)(H,25,28,29). The predicted molar refractivity (Wildman–Crippen MR) is 118 cm³/mol. The number of aromatic nitrogens is 9. The average molecular weight is 409 g/mol. The molecule has 2 N–H and O–H groups in total. The maximum absolute atomic E-state index is 4.57. The van der Waals surface area contributed by atoms with Gasteiger partial charge in [0.2, 0.25) is 0 Å². The van der Waals surface area contributed by atoms with Crippen LogP contribution < -0.4 is 0 Å². The Kier molecular flexibility index (Phi) is 3.61. The number of nitrogens with zero attached hydrogens (tertiary/aromatic N) is 7. The van der Waals surface area contributed by atoms with E-state index in [2.05, 4.69) is 51.8 Å². The third kappa shape index (κ3) is 2.67. The first-order valence-electron chi connectivity index (χ1n) is 9.90. The van der Waals surface area contributed by atoms with E-state index in [4.69, 9.17) is 0 Å².